The second-order valence-electron chi connectivity index (χ2n) is 5.87. The number of para-hydroxylation sites is 2. The third kappa shape index (κ3) is 3.03. The Bertz CT molecular complexity index is 1160. The molecule has 0 aliphatic rings. The summed E-state index contributed by atoms with van der Waals surface area (Å²) in [4.78, 5) is 13.0. The second kappa shape index (κ2) is 7.24. The second-order valence-corrected chi connectivity index (χ2v) is 6.28. The van der Waals surface area contributed by atoms with Crippen molar-refractivity contribution < 1.29 is 9.47 Å². The van der Waals surface area contributed by atoms with Gasteiger partial charge in [0.25, 0.3) is 0 Å². The number of fused-ring (bicyclic) bond motifs is 1. The van der Waals surface area contributed by atoms with Crippen LogP contribution < -0.4 is 20.5 Å². The molecule has 0 spiro atoms. The van der Waals surface area contributed by atoms with Gasteiger partial charge in [-0.05, 0) is 18.2 Å². The Balaban J connectivity index is 1.77. The molecule has 0 aliphatic heterocycles. The van der Waals surface area contributed by atoms with Crippen LogP contribution in [0.2, 0.25) is 5.02 Å². The number of rotatable bonds is 5. The maximum absolute atomic E-state index is 6.36. The van der Waals surface area contributed by atoms with Gasteiger partial charge < -0.3 is 20.5 Å². The van der Waals surface area contributed by atoms with Crippen molar-refractivity contribution in [2.24, 2.45) is 0 Å². The Morgan fingerprint density at radius 3 is 2.61 bits per heavy atom. The molecule has 28 heavy (non-hydrogen) atoms. The van der Waals surface area contributed by atoms with Gasteiger partial charge in [-0.3, -0.25) is 4.57 Å². The Hall–Kier alpha value is -3.52. The van der Waals surface area contributed by atoms with Crippen LogP contribution in [0.5, 0.6) is 11.5 Å². The number of hydrogen-bond donors (Lipinski definition) is 2. The summed E-state index contributed by atoms with van der Waals surface area (Å²) in [5, 5.41) is 3.59. The first-order valence-electron chi connectivity index (χ1n) is 8.34. The van der Waals surface area contributed by atoms with Gasteiger partial charge >= 0.3 is 0 Å². The summed E-state index contributed by atoms with van der Waals surface area (Å²) in [6, 6.07) is 11.1. The molecule has 0 aliphatic carbocycles. The topological polar surface area (TPSA) is 100 Å². The van der Waals surface area contributed by atoms with E-state index in [1.807, 2.05) is 28.8 Å². The van der Waals surface area contributed by atoms with E-state index < -0.39 is 0 Å². The first kappa shape index (κ1) is 17.9. The molecule has 2 aromatic carbocycles. The lowest BCUT2D eigenvalue weighted by Gasteiger charge is -2.15. The number of nitrogen functional groups attached to an aromatic ring is 1. The van der Waals surface area contributed by atoms with Crippen LogP contribution in [0.4, 0.5) is 17.2 Å². The molecule has 0 saturated heterocycles. The van der Waals surface area contributed by atoms with Crippen molar-refractivity contribution in [2.75, 3.05) is 25.3 Å². The van der Waals surface area contributed by atoms with E-state index in [1.165, 1.54) is 13.4 Å². The molecule has 4 aromatic rings. The maximum Gasteiger partial charge on any atom is 0.167 e. The van der Waals surface area contributed by atoms with Crippen molar-refractivity contribution >= 4 is 39.8 Å². The molecule has 0 unspecified atom stereocenters. The number of aromatic nitrogens is 4. The maximum atomic E-state index is 6.36. The van der Waals surface area contributed by atoms with Gasteiger partial charge in [0, 0.05) is 6.07 Å². The van der Waals surface area contributed by atoms with Crippen molar-refractivity contribution in [2.45, 2.75) is 0 Å². The van der Waals surface area contributed by atoms with E-state index in [-0.39, 0.29) is 0 Å². The van der Waals surface area contributed by atoms with E-state index in [1.54, 1.807) is 25.6 Å². The lowest BCUT2D eigenvalue weighted by atomic mass is 10.2. The van der Waals surface area contributed by atoms with Crippen LogP contribution in [-0.4, -0.2) is 33.7 Å². The van der Waals surface area contributed by atoms with Crippen molar-refractivity contribution in [3.05, 3.63) is 54.1 Å². The average Bonchev–Trinajstić information content (AvgIpc) is 3.14. The van der Waals surface area contributed by atoms with Gasteiger partial charge in [-0.2, -0.15) is 0 Å². The van der Waals surface area contributed by atoms with Crippen LogP contribution in [-0.2, 0) is 0 Å². The fourth-order valence-electron chi connectivity index (χ4n) is 2.89. The number of halogens is 1. The molecule has 8 nitrogen and oxygen atoms in total. The zero-order valence-electron chi connectivity index (χ0n) is 15.2. The lowest BCUT2D eigenvalue weighted by Crippen LogP contribution is -2.07. The molecule has 0 saturated carbocycles. The molecule has 0 bridgehead atoms. The normalized spacial score (nSPS) is 10.8. The van der Waals surface area contributed by atoms with Gasteiger partial charge in [-0.25, -0.2) is 15.0 Å². The Morgan fingerprint density at radius 2 is 1.82 bits per heavy atom. The summed E-state index contributed by atoms with van der Waals surface area (Å²) in [6.07, 6.45) is 3.11. The molecule has 0 amide bonds. The van der Waals surface area contributed by atoms with Crippen LogP contribution in [0.3, 0.4) is 0 Å². The van der Waals surface area contributed by atoms with Crippen molar-refractivity contribution in [3.63, 3.8) is 0 Å². The third-order valence-electron chi connectivity index (χ3n) is 4.27. The summed E-state index contributed by atoms with van der Waals surface area (Å²) < 4.78 is 12.5. The Morgan fingerprint density at radius 1 is 1.04 bits per heavy atom. The van der Waals surface area contributed by atoms with Crippen LogP contribution >= 0.6 is 11.6 Å². The SMILES string of the molecule is COc1cc(OC)c(Nc2ncnc(-n3cnc4ccccc43)c2N)cc1Cl. The molecular weight excluding hydrogens is 380 g/mol. The molecule has 4 rings (SSSR count). The average molecular weight is 397 g/mol. The van der Waals surface area contributed by atoms with Crippen LogP contribution in [0, 0.1) is 0 Å². The first-order chi connectivity index (χ1) is 13.6. The third-order valence-corrected chi connectivity index (χ3v) is 4.57. The molecule has 142 valence electrons. The molecule has 2 heterocycles. The number of nitrogens with one attached hydrogen (secondary N) is 1. The number of methoxy groups -OCH3 is 2. The van der Waals surface area contributed by atoms with E-state index in [0.29, 0.717) is 39.5 Å². The number of ether oxygens (including phenoxy) is 2. The van der Waals surface area contributed by atoms with E-state index in [2.05, 4.69) is 20.3 Å². The monoisotopic (exact) mass is 396 g/mol. The number of nitrogens with zero attached hydrogens (tertiary/aromatic N) is 4. The van der Waals surface area contributed by atoms with Crippen molar-refractivity contribution in [1.82, 2.24) is 19.5 Å². The van der Waals surface area contributed by atoms with Gasteiger partial charge in [-0.1, -0.05) is 23.7 Å². The van der Waals surface area contributed by atoms with Gasteiger partial charge in [0.2, 0.25) is 0 Å². The van der Waals surface area contributed by atoms with E-state index in [9.17, 15) is 0 Å². The molecule has 2 aromatic heterocycles. The van der Waals surface area contributed by atoms with Crippen LogP contribution in [0.25, 0.3) is 16.9 Å². The number of imidazole rings is 1. The molecule has 0 radical (unpaired) electrons. The number of benzene rings is 2. The number of hydrogen-bond acceptors (Lipinski definition) is 7. The van der Waals surface area contributed by atoms with E-state index >= 15 is 0 Å². The van der Waals surface area contributed by atoms with Gasteiger partial charge in [0.1, 0.15) is 29.8 Å². The summed E-state index contributed by atoms with van der Waals surface area (Å²) >= 11 is 6.25. The highest BCUT2D eigenvalue weighted by Gasteiger charge is 2.16. The van der Waals surface area contributed by atoms with E-state index in [4.69, 9.17) is 26.8 Å². The predicted molar refractivity (Wildman–Crippen MR) is 109 cm³/mol. The Labute approximate surface area is 165 Å². The quantitative estimate of drug-likeness (QED) is 0.529. The minimum absolute atomic E-state index is 0.361. The zero-order chi connectivity index (χ0) is 19.7. The summed E-state index contributed by atoms with van der Waals surface area (Å²) in [7, 11) is 3.10. The largest absolute Gasteiger partial charge is 0.495 e. The first-order valence-corrected chi connectivity index (χ1v) is 8.71. The summed E-state index contributed by atoms with van der Waals surface area (Å²) in [5.74, 6) is 1.98. The standard InChI is InChI=1S/C19H17ClN6O2/c1-27-15-8-16(28-2)13(7-11(15)20)25-18-17(21)19(23-9-22-18)26-10-24-12-5-3-4-6-14(12)26/h3-10H,21H2,1-2H3,(H,22,23,25). The summed E-state index contributed by atoms with van der Waals surface area (Å²) in [6.45, 7) is 0. The molecule has 0 fully saturated rings. The zero-order valence-corrected chi connectivity index (χ0v) is 15.9. The predicted octanol–water partition coefficient (Wildman–Crippen LogP) is 3.81. The fraction of sp³-hybridized carbons (Fsp3) is 0.105. The van der Waals surface area contributed by atoms with Crippen molar-refractivity contribution in [1.29, 1.82) is 0 Å². The summed E-state index contributed by atoms with van der Waals surface area (Å²) in [5.41, 5.74) is 9.06. The van der Waals surface area contributed by atoms with Gasteiger partial charge in [0.15, 0.2) is 11.6 Å². The minimum atomic E-state index is 0.361. The van der Waals surface area contributed by atoms with Crippen LogP contribution in [0.15, 0.2) is 49.1 Å². The highest BCUT2D eigenvalue weighted by Crippen LogP contribution is 2.38. The highest BCUT2D eigenvalue weighted by molar-refractivity contribution is 6.32. The highest BCUT2D eigenvalue weighted by atomic mass is 35.5. The van der Waals surface area contributed by atoms with Crippen molar-refractivity contribution in [3.8, 4) is 17.3 Å². The molecule has 3 N–H and O–H groups in total. The number of anilines is 3. The van der Waals surface area contributed by atoms with Gasteiger partial charge in [0.05, 0.1) is 36.0 Å². The lowest BCUT2D eigenvalue weighted by molar-refractivity contribution is 0.396. The van der Waals surface area contributed by atoms with E-state index in [0.717, 1.165) is 11.0 Å². The van der Waals surface area contributed by atoms with Crippen LogP contribution in [0.1, 0.15) is 0 Å². The van der Waals surface area contributed by atoms with Gasteiger partial charge in [-0.15, -0.1) is 0 Å². The fourth-order valence-corrected chi connectivity index (χ4v) is 3.13. The smallest absolute Gasteiger partial charge is 0.167 e. The number of nitrogens with two attached hydrogens (primary N) is 1. The Kier molecular flexibility index (Phi) is 4.62. The molecular formula is C19H17ClN6O2. The minimum Gasteiger partial charge on any atom is -0.495 e. The molecule has 9 heteroatoms. The molecule has 0 atom stereocenters.